The van der Waals surface area contributed by atoms with Crippen molar-refractivity contribution >= 4 is 15.9 Å². The van der Waals surface area contributed by atoms with Crippen LogP contribution in [0.15, 0.2) is 10.7 Å². The molecule has 2 rings (SSSR count). The molecule has 2 unspecified atom stereocenters. The molecule has 0 saturated heterocycles. The number of nitrogens with zero attached hydrogens (tertiary/aromatic N) is 2. The first-order valence-corrected chi connectivity index (χ1v) is 8.67. The number of halogens is 1. The van der Waals surface area contributed by atoms with Crippen LogP contribution in [0.25, 0.3) is 0 Å². The predicted molar refractivity (Wildman–Crippen MR) is 89.6 cm³/mol. The molecular weight excluding hydrogens is 330 g/mol. The maximum Gasteiger partial charge on any atom is 0.0658 e. The van der Waals surface area contributed by atoms with E-state index in [1.807, 2.05) is 6.20 Å². The number of nitrogens with one attached hydrogen (secondary N) is 1. The minimum Gasteiger partial charge on any atom is -0.383 e. The number of rotatable bonds is 6. The van der Waals surface area contributed by atoms with Crippen molar-refractivity contribution in [2.75, 3.05) is 20.3 Å². The van der Waals surface area contributed by atoms with Gasteiger partial charge in [0.05, 0.1) is 29.5 Å². The van der Waals surface area contributed by atoms with Gasteiger partial charge in [-0.2, -0.15) is 5.10 Å². The minimum absolute atomic E-state index is 0.181. The molecule has 0 amide bonds. The summed E-state index contributed by atoms with van der Waals surface area (Å²) < 4.78 is 8.47. The Kier molecular flexibility index (Phi) is 5.86. The van der Waals surface area contributed by atoms with Gasteiger partial charge in [-0.3, -0.25) is 4.68 Å². The number of hydrogen-bond acceptors (Lipinski definition) is 3. The first-order chi connectivity index (χ1) is 9.92. The molecule has 0 bridgehead atoms. The van der Waals surface area contributed by atoms with Crippen molar-refractivity contribution in [2.45, 2.75) is 58.0 Å². The molecule has 1 saturated carbocycles. The largest absolute Gasteiger partial charge is 0.383 e. The van der Waals surface area contributed by atoms with Crippen LogP contribution in [0.4, 0.5) is 0 Å². The highest BCUT2D eigenvalue weighted by atomic mass is 79.9. The summed E-state index contributed by atoms with van der Waals surface area (Å²) in [5.41, 5.74) is 1.53. The van der Waals surface area contributed by atoms with E-state index in [2.05, 4.69) is 51.8 Å². The Balaban J connectivity index is 2.10. The lowest BCUT2D eigenvalue weighted by Gasteiger charge is -2.27. The Morgan fingerprint density at radius 1 is 1.43 bits per heavy atom. The molecule has 120 valence electrons. The van der Waals surface area contributed by atoms with Crippen LogP contribution < -0.4 is 5.32 Å². The highest BCUT2D eigenvalue weighted by Gasteiger charge is 2.33. The van der Waals surface area contributed by atoms with Crippen molar-refractivity contribution in [2.24, 2.45) is 5.92 Å². The molecule has 0 radical (unpaired) electrons. The summed E-state index contributed by atoms with van der Waals surface area (Å²) in [6.45, 7) is 9.31. The fourth-order valence-corrected chi connectivity index (χ4v) is 3.77. The molecule has 1 fully saturated rings. The van der Waals surface area contributed by atoms with Gasteiger partial charge in [-0.1, -0.05) is 6.42 Å². The van der Waals surface area contributed by atoms with Crippen molar-refractivity contribution in [1.82, 2.24) is 15.1 Å². The van der Waals surface area contributed by atoms with Crippen molar-refractivity contribution in [3.8, 4) is 0 Å². The molecule has 1 heterocycles. The van der Waals surface area contributed by atoms with Crippen LogP contribution in [-0.2, 0) is 11.3 Å². The van der Waals surface area contributed by atoms with Gasteiger partial charge in [0, 0.05) is 18.6 Å². The molecule has 1 aromatic rings. The Hall–Kier alpha value is -0.390. The van der Waals surface area contributed by atoms with Gasteiger partial charge in [0.1, 0.15) is 0 Å². The zero-order valence-corrected chi connectivity index (χ0v) is 15.2. The molecule has 1 aliphatic rings. The standard InChI is InChI=1S/C16H28BrN3O/c1-16(2,3)18-10-12-6-5-7-13(12)15-14(17)11-19-20(15)8-9-21-4/h11-13,18H,5-10H2,1-4H3. The molecule has 5 heteroatoms. The molecule has 2 atom stereocenters. The van der Waals surface area contributed by atoms with Gasteiger partial charge in [0.25, 0.3) is 0 Å². The van der Waals surface area contributed by atoms with Crippen LogP contribution in [0, 0.1) is 5.92 Å². The summed E-state index contributed by atoms with van der Waals surface area (Å²) in [7, 11) is 1.74. The van der Waals surface area contributed by atoms with Gasteiger partial charge in [0.2, 0.25) is 0 Å². The summed E-state index contributed by atoms with van der Waals surface area (Å²) in [6, 6.07) is 0. The van der Waals surface area contributed by atoms with Crippen LogP contribution in [0.5, 0.6) is 0 Å². The fourth-order valence-electron chi connectivity index (χ4n) is 3.17. The zero-order chi connectivity index (χ0) is 15.5. The van der Waals surface area contributed by atoms with Gasteiger partial charge in [0.15, 0.2) is 0 Å². The summed E-state index contributed by atoms with van der Waals surface area (Å²) in [6.07, 6.45) is 5.80. The topological polar surface area (TPSA) is 39.1 Å². The van der Waals surface area contributed by atoms with Gasteiger partial charge in [-0.15, -0.1) is 0 Å². The number of ether oxygens (including phenoxy) is 1. The van der Waals surface area contributed by atoms with Crippen molar-refractivity contribution in [3.63, 3.8) is 0 Å². The van der Waals surface area contributed by atoms with E-state index >= 15 is 0 Å². The SMILES string of the molecule is COCCn1ncc(Br)c1C1CCCC1CNC(C)(C)C. The maximum atomic E-state index is 5.20. The highest BCUT2D eigenvalue weighted by Crippen LogP contribution is 2.42. The predicted octanol–water partition coefficient (Wildman–Crippen LogP) is 3.56. The summed E-state index contributed by atoms with van der Waals surface area (Å²) >= 11 is 3.69. The van der Waals surface area contributed by atoms with E-state index < -0.39 is 0 Å². The Morgan fingerprint density at radius 3 is 2.86 bits per heavy atom. The van der Waals surface area contributed by atoms with E-state index in [-0.39, 0.29) is 5.54 Å². The number of aromatic nitrogens is 2. The van der Waals surface area contributed by atoms with Gasteiger partial charge < -0.3 is 10.1 Å². The van der Waals surface area contributed by atoms with Crippen molar-refractivity contribution in [3.05, 3.63) is 16.4 Å². The number of hydrogen-bond donors (Lipinski definition) is 1. The highest BCUT2D eigenvalue weighted by molar-refractivity contribution is 9.10. The first kappa shape index (κ1) is 17.0. The lowest BCUT2D eigenvalue weighted by molar-refractivity contribution is 0.181. The molecule has 1 aliphatic carbocycles. The average molecular weight is 358 g/mol. The van der Waals surface area contributed by atoms with E-state index in [4.69, 9.17) is 4.74 Å². The molecule has 4 nitrogen and oxygen atoms in total. The zero-order valence-electron chi connectivity index (χ0n) is 13.7. The summed E-state index contributed by atoms with van der Waals surface area (Å²) in [5, 5.41) is 8.18. The van der Waals surface area contributed by atoms with E-state index in [1.54, 1.807) is 7.11 Å². The van der Waals surface area contributed by atoms with Crippen molar-refractivity contribution in [1.29, 1.82) is 0 Å². The molecule has 0 spiro atoms. The Morgan fingerprint density at radius 2 is 2.19 bits per heavy atom. The van der Waals surface area contributed by atoms with Gasteiger partial charge in [-0.25, -0.2) is 0 Å². The lowest BCUT2D eigenvalue weighted by Crippen LogP contribution is -2.39. The fraction of sp³-hybridized carbons (Fsp3) is 0.812. The molecule has 0 aromatic carbocycles. The summed E-state index contributed by atoms with van der Waals surface area (Å²) in [5.74, 6) is 1.28. The average Bonchev–Trinajstić information content (AvgIpc) is 2.99. The minimum atomic E-state index is 0.181. The van der Waals surface area contributed by atoms with E-state index in [9.17, 15) is 0 Å². The smallest absolute Gasteiger partial charge is 0.0658 e. The van der Waals surface area contributed by atoms with Gasteiger partial charge >= 0.3 is 0 Å². The van der Waals surface area contributed by atoms with Crippen LogP contribution >= 0.6 is 15.9 Å². The molecule has 21 heavy (non-hydrogen) atoms. The molecular formula is C16H28BrN3O. The van der Waals surface area contributed by atoms with Crippen molar-refractivity contribution < 1.29 is 4.74 Å². The second-order valence-corrected chi connectivity index (χ2v) is 7.88. The molecule has 0 aliphatic heterocycles. The van der Waals surface area contributed by atoms with Crippen LogP contribution in [0.1, 0.15) is 51.6 Å². The second kappa shape index (κ2) is 7.25. The third kappa shape index (κ3) is 4.54. The third-order valence-electron chi connectivity index (χ3n) is 4.25. The quantitative estimate of drug-likeness (QED) is 0.845. The van der Waals surface area contributed by atoms with E-state index in [0.717, 1.165) is 17.6 Å². The van der Waals surface area contributed by atoms with Crippen LogP contribution in [0.2, 0.25) is 0 Å². The molecule has 1 N–H and O–H groups in total. The summed E-state index contributed by atoms with van der Waals surface area (Å²) in [4.78, 5) is 0. The van der Waals surface area contributed by atoms with Gasteiger partial charge in [-0.05, 0) is 62.0 Å². The van der Waals surface area contributed by atoms with Crippen LogP contribution in [-0.4, -0.2) is 35.6 Å². The third-order valence-corrected chi connectivity index (χ3v) is 4.86. The normalized spacial score (nSPS) is 22.9. The lowest BCUT2D eigenvalue weighted by atomic mass is 9.91. The van der Waals surface area contributed by atoms with E-state index in [0.29, 0.717) is 18.4 Å². The monoisotopic (exact) mass is 357 g/mol. The number of methoxy groups -OCH3 is 1. The maximum absolute atomic E-state index is 5.20. The van der Waals surface area contributed by atoms with Crippen LogP contribution in [0.3, 0.4) is 0 Å². The van der Waals surface area contributed by atoms with E-state index in [1.165, 1.54) is 25.0 Å². The second-order valence-electron chi connectivity index (χ2n) is 7.02. The first-order valence-electron chi connectivity index (χ1n) is 7.87. The Labute approximate surface area is 136 Å². The Bertz CT molecular complexity index is 453. The molecule has 1 aromatic heterocycles.